The van der Waals surface area contributed by atoms with Crippen LogP contribution in [0.5, 0.6) is 0 Å². The Morgan fingerprint density at radius 3 is 2.59 bits per heavy atom. The molecule has 0 saturated carbocycles. The monoisotopic (exact) mass is 250 g/mol. The molecule has 1 heterocycles. The number of rotatable bonds is 3. The van der Waals surface area contributed by atoms with E-state index in [0.717, 1.165) is 11.8 Å². The van der Waals surface area contributed by atoms with E-state index in [0.29, 0.717) is 11.7 Å². The van der Waals surface area contributed by atoms with Crippen LogP contribution in [0.3, 0.4) is 0 Å². The van der Waals surface area contributed by atoms with E-state index in [-0.39, 0.29) is 11.2 Å². The summed E-state index contributed by atoms with van der Waals surface area (Å²) < 4.78 is 0. The maximum atomic E-state index is 11.3. The Bertz CT molecular complexity index is 390. The Hall–Kier alpha value is -0.800. The molecule has 0 aromatic heterocycles. The first-order chi connectivity index (χ1) is 8.09. The van der Waals surface area contributed by atoms with Crippen LogP contribution in [0.1, 0.15) is 19.4 Å². The number of aliphatic hydroxyl groups is 1. The Morgan fingerprint density at radius 2 is 2.06 bits per heavy atom. The van der Waals surface area contributed by atoms with Gasteiger partial charge in [-0.05, 0) is 11.5 Å². The van der Waals surface area contributed by atoms with Crippen LogP contribution in [0.4, 0.5) is 0 Å². The van der Waals surface area contributed by atoms with Gasteiger partial charge in [0.1, 0.15) is 11.9 Å². The summed E-state index contributed by atoms with van der Waals surface area (Å²) in [5.41, 5.74) is -0.143. The molecule has 0 radical (unpaired) electrons. The van der Waals surface area contributed by atoms with Crippen molar-refractivity contribution in [3.63, 3.8) is 0 Å². The summed E-state index contributed by atoms with van der Waals surface area (Å²) in [5.74, 6) is 0.686. The quantitative estimate of drug-likeness (QED) is 0.837. The van der Waals surface area contributed by atoms with Crippen LogP contribution in [0.25, 0.3) is 0 Å². The SMILES string of the molecule is CC(C)[C@@H]1SC[C@](O)(c2ccccc2)[C@H]1C=O. The van der Waals surface area contributed by atoms with Crippen LogP contribution in [0.15, 0.2) is 30.3 Å². The lowest BCUT2D eigenvalue weighted by Crippen LogP contribution is -2.38. The van der Waals surface area contributed by atoms with Gasteiger partial charge in [0.2, 0.25) is 0 Å². The molecular formula is C14H18O2S. The summed E-state index contributed by atoms with van der Waals surface area (Å²) in [6.45, 7) is 4.20. The highest BCUT2D eigenvalue weighted by Gasteiger charge is 2.49. The first kappa shape index (κ1) is 12.7. The van der Waals surface area contributed by atoms with Gasteiger partial charge in [0.15, 0.2) is 0 Å². The Labute approximate surface area is 106 Å². The number of aldehydes is 1. The second-order valence-corrected chi connectivity index (χ2v) is 6.14. The van der Waals surface area contributed by atoms with Gasteiger partial charge < -0.3 is 9.90 Å². The molecule has 3 heteroatoms. The maximum Gasteiger partial charge on any atom is 0.127 e. The fourth-order valence-corrected chi connectivity index (χ4v) is 4.18. The van der Waals surface area contributed by atoms with Gasteiger partial charge in [-0.2, -0.15) is 11.8 Å². The molecule has 1 aromatic carbocycles. The molecular weight excluding hydrogens is 232 g/mol. The standard InChI is InChI=1S/C14H18O2S/c1-10(2)13-12(8-15)14(16,9-17-13)11-6-4-3-5-7-11/h3-8,10,12-13,16H,9H2,1-2H3/t12-,13-,14-/m0/s1. The van der Waals surface area contributed by atoms with E-state index in [4.69, 9.17) is 0 Å². The summed E-state index contributed by atoms with van der Waals surface area (Å²) >= 11 is 1.70. The summed E-state index contributed by atoms with van der Waals surface area (Å²) in [5, 5.41) is 11.0. The number of hydrogen-bond donors (Lipinski definition) is 1. The maximum absolute atomic E-state index is 11.3. The highest BCUT2D eigenvalue weighted by molar-refractivity contribution is 8.00. The topological polar surface area (TPSA) is 37.3 Å². The minimum atomic E-state index is -0.997. The van der Waals surface area contributed by atoms with Crippen molar-refractivity contribution in [1.82, 2.24) is 0 Å². The van der Waals surface area contributed by atoms with Crippen molar-refractivity contribution in [1.29, 1.82) is 0 Å². The molecule has 92 valence electrons. The van der Waals surface area contributed by atoms with Crippen LogP contribution in [-0.4, -0.2) is 22.4 Å². The number of carbonyl (C=O) groups excluding carboxylic acids is 1. The molecule has 2 rings (SSSR count). The van der Waals surface area contributed by atoms with Crippen molar-refractivity contribution in [3.05, 3.63) is 35.9 Å². The Balaban J connectivity index is 2.35. The van der Waals surface area contributed by atoms with E-state index < -0.39 is 5.60 Å². The van der Waals surface area contributed by atoms with Crippen LogP contribution in [-0.2, 0) is 10.4 Å². The van der Waals surface area contributed by atoms with Crippen LogP contribution in [0, 0.1) is 11.8 Å². The zero-order valence-electron chi connectivity index (χ0n) is 10.2. The van der Waals surface area contributed by atoms with Gasteiger partial charge in [-0.15, -0.1) is 0 Å². The largest absolute Gasteiger partial charge is 0.384 e. The molecule has 1 saturated heterocycles. The fraction of sp³-hybridized carbons (Fsp3) is 0.500. The molecule has 0 bridgehead atoms. The zero-order chi connectivity index (χ0) is 12.5. The lowest BCUT2D eigenvalue weighted by molar-refractivity contribution is -0.118. The lowest BCUT2D eigenvalue weighted by Gasteiger charge is -2.29. The Kier molecular flexibility index (Phi) is 3.59. The van der Waals surface area contributed by atoms with E-state index in [1.807, 2.05) is 30.3 Å². The highest BCUT2D eigenvalue weighted by atomic mass is 32.2. The molecule has 2 nitrogen and oxygen atoms in total. The minimum Gasteiger partial charge on any atom is -0.384 e. The number of hydrogen-bond acceptors (Lipinski definition) is 3. The number of thioether (sulfide) groups is 1. The van der Waals surface area contributed by atoms with E-state index >= 15 is 0 Å². The van der Waals surface area contributed by atoms with E-state index in [9.17, 15) is 9.90 Å². The number of benzene rings is 1. The van der Waals surface area contributed by atoms with Gasteiger partial charge in [-0.1, -0.05) is 44.2 Å². The zero-order valence-corrected chi connectivity index (χ0v) is 11.0. The lowest BCUT2D eigenvalue weighted by atomic mass is 9.79. The highest BCUT2D eigenvalue weighted by Crippen LogP contribution is 2.47. The summed E-state index contributed by atoms with van der Waals surface area (Å²) in [6, 6.07) is 9.54. The van der Waals surface area contributed by atoms with Crippen molar-refractivity contribution in [2.75, 3.05) is 5.75 Å². The van der Waals surface area contributed by atoms with Crippen molar-refractivity contribution < 1.29 is 9.90 Å². The molecule has 0 spiro atoms. The minimum absolute atomic E-state index is 0.206. The predicted octanol–water partition coefficient (Wildman–Crippen LogP) is 2.46. The van der Waals surface area contributed by atoms with Crippen LogP contribution in [0.2, 0.25) is 0 Å². The van der Waals surface area contributed by atoms with Crippen molar-refractivity contribution in [2.24, 2.45) is 11.8 Å². The Morgan fingerprint density at radius 1 is 1.41 bits per heavy atom. The molecule has 1 fully saturated rings. The van der Waals surface area contributed by atoms with E-state index in [2.05, 4.69) is 13.8 Å². The third-order valence-electron chi connectivity index (χ3n) is 3.48. The molecule has 1 aliphatic rings. The average molecular weight is 250 g/mol. The first-order valence-electron chi connectivity index (χ1n) is 5.94. The van der Waals surface area contributed by atoms with Crippen LogP contribution < -0.4 is 0 Å². The molecule has 0 aliphatic carbocycles. The molecule has 0 amide bonds. The normalized spacial score (nSPS) is 32.9. The molecule has 1 aromatic rings. The van der Waals surface area contributed by atoms with E-state index in [1.165, 1.54) is 0 Å². The average Bonchev–Trinajstić information content (AvgIpc) is 2.69. The molecule has 3 atom stereocenters. The van der Waals surface area contributed by atoms with Gasteiger partial charge in [0.25, 0.3) is 0 Å². The van der Waals surface area contributed by atoms with Gasteiger partial charge >= 0.3 is 0 Å². The van der Waals surface area contributed by atoms with Crippen molar-refractivity contribution in [3.8, 4) is 0 Å². The van der Waals surface area contributed by atoms with Crippen LogP contribution >= 0.6 is 11.8 Å². The van der Waals surface area contributed by atoms with Gasteiger partial charge in [-0.25, -0.2) is 0 Å². The summed E-state index contributed by atoms with van der Waals surface area (Å²) in [7, 11) is 0. The molecule has 17 heavy (non-hydrogen) atoms. The second kappa shape index (κ2) is 4.83. The van der Waals surface area contributed by atoms with Gasteiger partial charge in [-0.3, -0.25) is 0 Å². The third-order valence-corrected chi connectivity index (χ3v) is 5.31. The molecule has 0 unspecified atom stereocenters. The summed E-state index contributed by atoms with van der Waals surface area (Å²) in [4.78, 5) is 11.3. The number of carbonyl (C=O) groups is 1. The van der Waals surface area contributed by atoms with Crippen molar-refractivity contribution in [2.45, 2.75) is 24.7 Å². The fourth-order valence-electron chi connectivity index (χ4n) is 2.49. The molecule has 1 N–H and O–H groups in total. The van der Waals surface area contributed by atoms with Crippen molar-refractivity contribution >= 4 is 18.0 Å². The van der Waals surface area contributed by atoms with Gasteiger partial charge in [0, 0.05) is 11.0 Å². The first-order valence-corrected chi connectivity index (χ1v) is 6.99. The third kappa shape index (κ3) is 2.14. The summed E-state index contributed by atoms with van der Waals surface area (Å²) in [6.07, 6.45) is 0.928. The van der Waals surface area contributed by atoms with Gasteiger partial charge in [0.05, 0.1) is 5.92 Å². The smallest absolute Gasteiger partial charge is 0.127 e. The van der Waals surface area contributed by atoms with E-state index in [1.54, 1.807) is 11.8 Å². The predicted molar refractivity (Wildman–Crippen MR) is 71.0 cm³/mol. The molecule has 1 aliphatic heterocycles. The second-order valence-electron chi connectivity index (χ2n) is 4.97.